The van der Waals surface area contributed by atoms with Crippen LogP contribution in [0.4, 0.5) is 11.5 Å². The van der Waals surface area contributed by atoms with E-state index in [1.54, 1.807) is 23.0 Å². The Balaban J connectivity index is 1.86. The number of carbonyl (C=O) groups excluding carboxylic acids is 1. The zero-order valence-electron chi connectivity index (χ0n) is 11.8. The molecule has 3 rings (SSSR count). The van der Waals surface area contributed by atoms with Gasteiger partial charge in [-0.15, -0.1) is 10.2 Å². The van der Waals surface area contributed by atoms with Crippen LogP contribution in [0.25, 0.3) is 11.4 Å². The summed E-state index contributed by atoms with van der Waals surface area (Å²) in [6.45, 7) is 0. The minimum atomic E-state index is -0.416. The van der Waals surface area contributed by atoms with Crippen molar-refractivity contribution in [3.8, 4) is 11.4 Å². The third kappa shape index (κ3) is 2.62. The molecular formula is C14H13N7O. The van der Waals surface area contributed by atoms with E-state index >= 15 is 0 Å². The average molecular weight is 295 g/mol. The molecule has 3 N–H and O–H groups in total. The number of hydrogen-bond acceptors (Lipinski definition) is 6. The van der Waals surface area contributed by atoms with Gasteiger partial charge in [-0.2, -0.15) is 0 Å². The summed E-state index contributed by atoms with van der Waals surface area (Å²) in [5.41, 5.74) is 7.18. The van der Waals surface area contributed by atoms with Crippen LogP contribution in [0.1, 0.15) is 10.5 Å². The Bertz CT molecular complexity index is 827. The molecule has 0 unspecified atom stereocenters. The second-order valence-electron chi connectivity index (χ2n) is 4.59. The SMILES string of the molecule is Cn1cnnc1-c1cccc(NC(=O)c2nccnc2N)c1. The van der Waals surface area contributed by atoms with Crippen LogP contribution in [0.2, 0.25) is 0 Å². The van der Waals surface area contributed by atoms with Gasteiger partial charge in [0.25, 0.3) is 5.91 Å². The second kappa shape index (κ2) is 5.60. The number of aryl methyl sites for hydroxylation is 1. The van der Waals surface area contributed by atoms with Gasteiger partial charge in [0.1, 0.15) is 6.33 Å². The Morgan fingerprint density at radius 2 is 2.09 bits per heavy atom. The van der Waals surface area contributed by atoms with Crippen molar-refractivity contribution in [1.29, 1.82) is 0 Å². The molecule has 3 aromatic rings. The number of carbonyl (C=O) groups is 1. The van der Waals surface area contributed by atoms with Gasteiger partial charge in [0, 0.05) is 30.7 Å². The van der Waals surface area contributed by atoms with E-state index in [1.165, 1.54) is 12.4 Å². The lowest BCUT2D eigenvalue weighted by Gasteiger charge is -2.07. The van der Waals surface area contributed by atoms with Crippen LogP contribution in [0.5, 0.6) is 0 Å². The minimum absolute atomic E-state index is 0.0875. The number of nitrogens with two attached hydrogens (primary N) is 1. The van der Waals surface area contributed by atoms with Crippen LogP contribution in [-0.4, -0.2) is 30.6 Å². The van der Waals surface area contributed by atoms with Crippen molar-refractivity contribution in [1.82, 2.24) is 24.7 Å². The van der Waals surface area contributed by atoms with Gasteiger partial charge in [-0.05, 0) is 12.1 Å². The molecule has 0 spiro atoms. The Hall–Kier alpha value is -3.29. The number of hydrogen-bond donors (Lipinski definition) is 2. The summed E-state index contributed by atoms with van der Waals surface area (Å²) in [4.78, 5) is 20.0. The number of nitrogens with one attached hydrogen (secondary N) is 1. The van der Waals surface area contributed by atoms with Crippen LogP contribution in [0.15, 0.2) is 43.0 Å². The largest absolute Gasteiger partial charge is 0.382 e. The predicted molar refractivity (Wildman–Crippen MR) is 80.8 cm³/mol. The first-order valence-corrected chi connectivity index (χ1v) is 6.47. The fourth-order valence-electron chi connectivity index (χ4n) is 1.99. The monoisotopic (exact) mass is 295 g/mol. The van der Waals surface area contributed by atoms with Gasteiger partial charge >= 0.3 is 0 Å². The number of anilines is 2. The van der Waals surface area contributed by atoms with E-state index in [0.717, 1.165) is 5.56 Å². The zero-order valence-corrected chi connectivity index (χ0v) is 11.8. The first-order chi connectivity index (χ1) is 10.6. The molecule has 0 aliphatic rings. The highest BCUT2D eigenvalue weighted by molar-refractivity contribution is 6.05. The molecule has 0 saturated carbocycles. The van der Waals surface area contributed by atoms with Crippen molar-refractivity contribution >= 4 is 17.4 Å². The van der Waals surface area contributed by atoms with E-state index in [1.807, 2.05) is 19.2 Å². The molecule has 2 aromatic heterocycles. The molecule has 0 radical (unpaired) electrons. The van der Waals surface area contributed by atoms with E-state index in [9.17, 15) is 4.79 Å². The maximum absolute atomic E-state index is 12.2. The number of amides is 1. The molecule has 8 heteroatoms. The molecule has 0 aliphatic heterocycles. The molecule has 1 amide bonds. The molecule has 0 fully saturated rings. The van der Waals surface area contributed by atoms with E-state index in [0.29, 0.717) is 11.5 Å². The second-order valence-corrected chi connectivity index (χ2v) is 4.59. The van der Waals surface area contributed by atoms with Gasteiger partial charge in [-0.25, -0.2) is 9.97 Å². The molecular weight excluding hydrogens is 282 g/mol. The lowest BCUT2D eigenvalue weighted by molar-refractivity contribution is 0.102. The summed E-state index contributed by atoms with van der Waals surface area (Å²) in [7, 11) is 1.85. The predicted octanol–water partition coefficient (Wildman–Crippen LogP) is 1.11. The highest BCUT2D eigenvalue weighted by atomic mass is 16.1. The number of benzene rings is 1. The van der Waals surface area contributed by atoms with Crippen LogP contribution in [-0.2, 0) is 7.05 Å². The Morgan fingerprint density at radius 1 is 1.27 bits per heavy atom. The van der Waals surface area contributed by atoms with Crippen molar-refractivity contribution in [2.24, 2.45) is 7.05 Å². The van der Waals surface area contributed by atoms with Gasteiger partial charge in [0.2, 0.25) is 0 Å². The van der Waals surface area contributed by atoms with Crippen molar-refractivity contribution in [3.05, 3.63) is 48.7 Å². The van der Waals surface area contributed by atoms with E-state index < -0.39 is 5.91 Å². The first-order valence-electron chi connectivity index (χ1n) is 6.47. The van der Waals surface area contributed by atoms with Crippen LogP contribution < -0.4 is 11.1 Å². The highest BCUT2D eigenvalue weighted by Crippen LogP contribution is 2.20. The van der Waals surface area contributed by atoms with Crippen LogP contribution in [0, 0.1) is 0 Å². The Morgan fingerprint density at radius 3 is 2.82 bits per heavy atom. The quantitative estimate of drug-likeness (QED) is 0.748. The fraction of sp³-hybridized carbons (Fsp3) is 0.0714. The molecule has 1 aromatic carbocycles. The van der Waals surface area contributed by atoms with Gasteiger partial charge in [0.05, 0.1) is 0 Å². The normalized spacial score (nSPS) is 10.4. The molecule has 0 saturated heterocycles. The molecule has 8 nitrogen and oxygen atoms in total. The number of nitrogen functional groups attached to an aromatic ring is 1. The standard InChI is InChI=1S/C14H13N7O/c1-21-8-18-20-13(21)9-3-2-4-10(7-9)19-14(22)11-12(15)17-6-5-16-11/h2-8H,1H3,(H2,15,17)(H,19,22). The van der Waals surface area contributed by atoms with E-state index in [4.69, 9.17) is 5.73 Å². The summed E-state index contributed by atoms with van der Waals surface area (Å²) in [5.74, 6) is 0.375. The molecule has 0 atom stereocenters. The summed E-state index contributed by atoms with van der Waals surface area (Å²) < 4.78 is 1.79. The van der Waals surface area contributed by atoms with Crippen molar-refractivity contribution < 1.29 is 4.79 Å². The van der Waals surface area contributed by atoms with Gasteiger partial charge in [0.15, 0.2) is 17.3 Å². The number of nitrogens with zero attached hydrogens (tertiary/aromatic N) is 5. The van der Waals surface area contributed by atoms with Crippen LogP contribution >= 0.6 is 0 Å². The number of aromatic nitrogens is 5. The zero-order chi connectivity index (χ0) is 15.5. The Kier molecular flexibility index (Phi) is 3.48. The summed E-state index contributed by atoms with van der Waals surface area (Å²) in [6.07, 6.45) is 4.46. The van der Waals surface area contributed by atoms with Crippen molar-refractivity contribution in [2.45, 2.75) is 0 Å². The highest BCUT2D eigenvalue weighted by Gasteiger charge is 2.13. The lowest BCUT2D eigenvalue weighted by Crippen LogP contribution is -2.16. The molecule has 2 heterocycles. The van der Waals surface area contributed by atoms with Crippen LogP contribution in [0.3, 0.4) is 0 Å². The molecule has 22 heavy (non-hydrogen) atoms. The lowest BCUT2D eigenvalue weighted by atomic mass is 10.2. The summed E-state index contributed by atoms with van der Waals surface area (Å²) in [5, 5.41) is 10.6. The van der Waals surface area contributed by atoms with Gasteiger partial charge in [-0.3, -0.25) is 4.79 Å². The summed E-state index contributed by atoms with van der Waals surface area (Å²) >= 11 is 0. The van der Waals surface area contributed by atoms with E-state index in [2.05, 4.69) is 25.5 Å². The van der Waals surface area contributed by atoms with Gasteiger partial charge in [-0.1, -0.05) is 12.1 Å². The Labute approximate surface area is 126 Å². The maximum Gasteiger partial charge on any atom is 0.278 e. The van der Waals surface area contributed by atoms with E-state index in [-0.39, 0.29) is 11.5 Å². The molecule has 0 bridgehead atoms. The smallest absolute Gasteiger partial charge is 0.278 e. The number of rotatable bonds is 3. The average Bonchev–Trinajstić information content (AvgIpc) is 2.94. The van der Waals surface area contributed by atoms with Crippen molar-refractivity contribution in [2.75, 3.05) is 11.1 Å². The molecule has 0 aliphatic carbocycles. The third-order valence-corrected chi connectivity index (χ3v) is 3.03. The van der Waals surface area contributed by atoms with Crippen molar-refractivity contribution in [3.63, 3.8) is 0 Å². The summed E-state index contributed by atoms with van der Waals surface area (Å²) in [6, 6.07) is 7.27. The maximum atomic E-state index is 12.2. The molecule has 110 valence electrons. The third-order valence-electron chi connectivity index (χ3n) is 3.03. The first kappa shape index (κ1) is 13.7. The van der Waals surface area contributed by atoms with Gasteiger partial charge < -0.3 is 15.6 Å². The fourth-order valence-corrected chi connectivity index (χ4v) is 1.99. The minimum Gasteiger partial charge on any atom is -0.382 e. The topological polar surface area (TPSA) is 112 Å².